The minimum absolute atomic E-state index is 0.0427. The average molecular weight is 248 g/mol. The standard InChI is InChI=1S/C13H16N2O3/c1-17-12-4-3-10(5-13(12)18-2)6-15-7-11(8-16)14-9-15/h3-5,7,9,16H,6,8H2,1-2H3. The van der Waals surface area contributed by atoms with Crippen LogP contribution in [0.15, 0.2) is 30.7 Å². The molecule has 18 heavy (non-hydrogen) atoms. The van der Waals surface area contributed by atoms with E-state index >= 15 is 0 Å². The minimum Gasteiger partial charge on any atom is -0.493 e. The van der Waals surface area contributed by atoms with Gasteiger partial charge in [-0.3, -0.25) is 0 Å². The predicted octanol–water partition coefficient (Wildman–Crippen LogP) is 1.44. The minimum atomic E-state index is -0.0427. The monoisotopic (exact) mass is 248 g/mol. The van der Waals surface area contributed by atoms with Gasteiger partial charge in [-0.25, -0.2) is 4.98 Å². The molecule has 1 aromatic carbocycles. The molecular formula is C13H16N2O3. The van der Waals surface area contributed by atoms with Crippen LogP contribution in [0.4, 0.5) is 0 Å². The molecule has 0 spiro atoms. The van der Waals surface area contributed by atoms with Crippen LogP contribution >= 0.6 is 0 Å². The first-order chi connectivity index (χ1) is 8.76. The van der Waals surface area contributed by atoms with Crippen LogP contribution in [0.1, 0.15) is 11.3 Å². The molecule has 0 saturated heterocycles. The van der Waals surface area contributed by atoms with E-state index < -0.39 is 0 Å². The summed E-state index contributed by atoms with van der Waals surface area (Å²) in [5, 5.41) is 8.96. The molecule has 0 fully saturated rings. The molecule has 1 heterocycles. The molecule has 1 N–H and O–H groups in total. The lowest BCUT2D eigenvalue weighted by atomic mass is 10.2. The number of rotatable bonds is 5. The van der Waals surface area contributed by atoms with Crippen molar-refractivity contribution in [2.24, 2.45) is 0 Å². The van der Waals surface area contributed by atoms with Crippen molar-refractivity contribution in [2.75, 3.05) is 14.2 Å². The summed E-state index contributed by atoms with van der Waals surface area (Å²) in [4.78, 5) is 4.06. The van der Waals surface area contributed by atoms with Crippen LogP contribution < -0.4 is 9.47 Å². The number of aliphatic hydroxyl groups excluding tert-OH is 1. The maximum atomic E-state index is 8.96. The predicted molar refractivity (Wildman–Crippen MR) is 66.8 cm³/mol. The second-order valence-corrected chi connectivity index (χ2v) is 3.88. The smallest absolute Gasteiger partial charge is 0.161 e. The third-order valence-corrected chi connectivity index (χ3v) is 2.66. The SMILES string of the molecule is COc1ccc(Cn2cnc(CO)c2)cc1OC. The van der Waals surface area contributed by atoms with Crippen LogP contribution in [0.3, 0.4) is 0 Å². The van der Waals surface area contributed by atoms with Gasteiger partial charge in [-0.15, -0.1) is 0 Å². The number of methoxy groups -OCH3 is 2. The van der Waals surface area contributed by atoms with E-state index in [1.54, 1.807) is 20.5 Å². The molecule has 0 atom stereocenters. The molecule has 0 unspecified atom stereocenters. The Morgan fingerprint density at radius 1 is 1.22 bits per heavy atom. The molecule has 1 aromatic heterocycles. The summed E-state index contributed by atoms with van der Waals surface area (Å²) in [6.07, 6.45) is 3.51. The second kappa shape index (κ2) is 5.55. The molecule has 5 heteroatoms. The van der Waals surface area contributed by atoms with Gasteiger partial charge >= 0.3 is 0 Å². The lowest BCUT2D eigenvalue weighted by Gasteiger charge is -2.09. The van der Waals surface area contributed by atoms with Gasteiger partial charge < -0.3 is 19.1 Å². The molecule has 0 aliphatic carbocycles. The zero-order valence-corrected chi connectivity index (χ0v) is 10.5. The molecule has 5 nitrogen and oxygen atoms in total. The van der Waals surface area contributed by atoms with Gasteiger partial charge in [0, 0.05) is 12.7 Å². The molecule has 96 valence electrons. The Hall–Kier alpha value is -2.01. The number of hydrogen-bond acceptors (Lipinski definition) is 4. The van der Waals surface area contributed by atoms with Gasteiger partial charge in [-0.1, -0.05) is 6.07 Å². The van der Waals surface area contributed by atoms with Crippen molar-refractivity contribution >= 4 is 0 Å². The summed E-state index contributed by atoms with van der Waals surface area (Å²) >= 11 is 0. The summed E-state index contributed by atoms with van der Waals surface area (Å²) in [5.41, 5.74) is 1.74. The Kier molecular flexibility index (Phi) is 3.84. The highest BCUT2D eigenvalue weighted by molar-refractivity contribution is 5.42. The van der Waals surface area contributed by atoms with E-state index in [9.17, 15) is 0 Å². The molecule has 2 rings (SSSR count). The van der Waals surface area contributed by atoms with Crippen LogP contribution in [-0.2, 0) is 13.2 Å². The number of imidazole rings is 1. The number of nitrogens with zero attached hydrogens (tertiary/aromatic N) is 2. The van der Waals surface area contributed by atoms with Gasteiger partial charge in [0.1, 0.15) is 0 Å². The van der Waals surface area contributed by atoms with E-state index in [1.165, 1.54) is 0 Å². The lowest BCUT2D eigenvalue weighted by molar-refractivity contribution is 0.277. The van der Waals surface area contributed by atoms with E-state index in [0.29, 0.717) is 23.7 Å². The third-order valence-electron chi connectivity index (χ3n) is 2.66. The summed E-state index contributed by atoms with van der Waals surface area (Å²) in [6.45, 7) is 0.631. The summed E-state index contributed by atoms with van der Waals surface area (Å²) in [7, 11) is 3.23. The highest BCUT2D eigenvalue weighted by Crippen LogP contribution is 2.27. The maximum absolute atomic E-state index is 8.96. The summed E-state index contributed by atoms with van der Waals surface area (Å²) < 4.78 is 12.3. The van der Waals surface area contributed by atoms with Crippen LogP contribution in [0.25, 0.3) is 0 Å². The molecule has 0 bridgehead atoms. The quantitative estimate of drug-likeness (QED) is 0.870. The molecular weight excluding hydrogens is 232 g/mol. The number of benzene rings is 1. The van der Waals surface area contributed by atoms with Gasteiger partial charge in [0.15, 0.2) is 11.5 Å². The zero-order valence-electron chi connectivity index (χ0n) is 10.5. The molecule has 0 amide bonds. The highest BCUT2D eigenvalue weighted by atomic mass is 16.5. The Balaban J connectivity index is 2.18. The van der Waals surface area contributed by atoms with E-state index in [0.717, 1.165) is 5.56 Å². The average Bonchev–Trinajstić information content (AvgIpc) is 2.86. The number of ether oxygens (including phenoxy) is 2. The molecule has 0 aliphatic rings. The van der Waals surface area contributed by atoms with Crippen molar-refractivity contribution in [2.45, 2.75) is 13.2 Å². The molecule has 2 aromatic rings. The first-order valence-corrected chi connectivity index (χ1v) is 5.59. The van der Waals surface area contributed by atoms with Crippen molar-refractivity contribution in [1.82, 2.24) is 9.55 Å². The van der Waals surface area contributed by atoms with Gasteiger partial charge in [-0.2, -0.15) is 0 Å². The fourth-order valence-electron chi connectivity index (χ4n) is 1.76. The van der Waals surface area contributed by atoms with Crippen LogP contribution in [-0.4, -0.2) is 28.9 Å². The second-order valence-electron chi connectivity index (χ2n) is 3.88. The van der Waals surface area contributed by atoms with Crippen molar-refractivity contribution in [1.29, 1.82) is 0 Å². The van der Waals surface area contributed by atoms with E-state index in [1.807, 2.05) is 29.0 Å². The topological polar surface area (TPSA) is 56.5 Å². The lowest BCUT2D eigenvalue weighted by Crippen LogP contribution is -1.98. The highest BCUT2D eigenvalue weighted by Gasteiger charge is 2.05. The van der Waals surface area contributed by atoms with E-state index in [-0.39, 0.29) is 6.61 Å². The Bertz CT molecular complexity index is 523. The van der Waals surface area contributed by atoms with Gasteiger partial charge in [0.2, 0.25) is 0 Å². The largest absolute Gasteiger partial charge is 0.493 e. The van der Waals surface area contributed by atoms with Crippen LogP contribution in [0.2, 0.25) is 0 Å². The number of hydrogen-bond donors (Lipinski definition) is 1. The fourth-order valence-corrected chi connectivity index (χ4v) is 1.76. The maximum Gasteiger partial charge on any atom is 0.161 e. The van der Waals surface area contributed by atoms with Crippen molar-refractivity contribution in [3.05, 3.63) is 42.0 Å². The molecule has 0 aliphatic heterocycles. The zero-order chi connectivity index (χ0) is 13.0. The Labute approximate surface area is 106 Å². The van der Waals surface area contributed by atoms with Crippen LogP contribution in [0.5, 0.6) is 11.5 Å². The van der Waals surface area contributed by atoms with Gasteiger partial charge in [0.05, 0.1) is 32.8 Å². The third kappa shape index (κ3) is 2.62. The first kappa shape index (κ1) is 12.4. The van der Waals surface area contributed by atoms with E-state index in [4.69, 9.17) is 14.6 Å². The first-order valence-electron chi connectivity index (χ1n) is 5.59. The summed E-state index contributed by atoms with van der Waals surface area (Å²) in [5.74, 6) is 1.42. The Morgan fingerprint density at radius 2 is 2.00 bits per heavy atom. The number of aromatic nitrogens is 2. The van der Waals surface area contributed by atoms with Crippen molar-refractivity contribution in [3.63, 3.8) is 0 Å². The van der Waals surface area contributed by atoms with Crippen LogP contribution in [0, 0.1) is 0 Å². The fraction of sp³-hybridized carbons (Fsp3) is 0.308. The van der Waals surface area contributed by atoms with Crippen molar-refractivity contribution < 1.29 is 14.6 Å². The van der Waals surface area contributed by atoms with Crippen molar-refractivity contribution in [3.8, 4) is 11.5 Å². The molecule has 0 radical (unpaired) electrons. The Morgan fingerprint density at radius 3 is 2.61 bits per heavy atom. The van der Waals surface area contributed by atoms with Gasteiger partial charge in [0.25, 0.3) is 0 Å². The molecule has 0 saturated carbocycles. The van der Waals surface area contributed by atoms with E-state index in [2.05, 4.69) is 4.98 Å². The van der Waals surface area contributed by atoms with Gasteiger partial charge in [-0.05, 0) is 17.7 Å². The normalized spacial score (nSPS) is 10.4. The summed E-state index contributed by atoms with van der Waals surface area (Å²) in [6, 6.07) is 5.77. The number of aliphatic hydroxyl groups is 1.